The Morgan fingerprint density at radius 3 is 3.00 bits per heavy atom. The standard InChI is InChI=1S/C6H8BrN3O2/c1-12-2-3-4(7)5(11)10-6(8)9-3/h2H2,1H3,(H3,8,9,10,11). The zero-order valence-corrected chi connectivity index (χ0v) is 8.01. The molecular formula is C6H8BrN3O2. The average molecular weight is 234 g/mol. The van der Waals surface area contributed by atoms with Crippen LogP contribution in [0.2, 0.25) is 0 Å². The molecule has 0 aliphatic carbocycles. The lowest BCUT2D eigenvalue weighted by molar-refractivity contribution is 0.181. The molecule has 66 valence electrons. The maximum atomic E-state index is 11.1. The third-order valence-electron chi connectivity index (χ3n) is 1.23. The van der Waals surface area contributed by atoms with Crippen LogP contribution in [0.25, 0.3) is 0 Å². The number of hydrogen-bond donors (Lipinski definition) is 2. The SMILES string of the molecule is COCc1nc(N)[nH]c(=O)c1Br. The van der Waals surface area contributed by atoms with E-state index in [9.17, 15) is 4.79 Å². The largest absolute Gasteiger partial charge is 0.378 e. The number of nitrogens with zero attached hydrogens (tertiary/aromatic N) is 1. The first-order valence-electron chi connectivity index (χ1n) is 3.18. The van der Waals surface area contributed by atoms with E-state index in [-0.39, 0.29) is 18.1 Å². The van der Waals surface area contributed by atoms with Crippen LogP contribution in [0.15, 0.2) is 9.27 Å². The lowest BCUT2D eigenvalue weighted by Crippen LogP contribution is -2.15. The number of methoxy groups -OCH3 is 1. The van der Waals surface area contributed by atoms with Crippen molar-refractivity contribution in [1.29, 1.82) is 0 Å². The fourth-order valence-electron chi connectivity index (χ4n) is 0.757. The Labute approximate surface area is 77.1 Å². The van der Waals surface area contributed by atoms with Gasteiger partial charge < -0.3 is 10.5 Å². The highest BCUT2D eigenvalue weighted by Gasteiger charge is 2.06. The summed E-state index contributed by atoms with van der Waals surface area (Å²) in [5, 5.41) is 0. The van der Waals surface area contributed by atoms with Gasteiger partial charge >= 0.3 is 0 Å². The van der Waals surface area contributed by atoms with Gasteiger partial charge in [-0.05, 0) is 15.9 Å². The minimum atomic E-state index is -0.297. The number of rotatable bonds is 2. The van der Waals surface area contributed by atoms with Gasteiger partial charge in [0.1, 0.15) is 4.47 Å². The van der Waals surface area contributed by atoms with E-state index in [1.165, 1.54) is 7.11 Å². The van der Waals surface area contributed by atoms with Crippen LogP contribution in [-0.4, -0.2) is 17.1 Å². The zero-order valence-electron chi connectivity index (χ0n) is 6.43. The van der Waals surface area contributed by atoms with Crippen molar-refractivity contribution in [2.45, 2.75) is 6.61 Å². The molecule has 0 spiro atoms. The van der Waals surface area contributed by atoms with Crippen molar-refractivity contribution < 1.29 is 4.74 Å². The van der Waals surface area contributed by atoms with Gasteiger partial charge in [0.2, 0.25) is 5.95 Å². The van der Waals surface area contributed by atoms with Gasteiger partial charge in [0.25, 0.3) is 5.56 Å². The van der Waals surface area contributed by atoms with Crippen LogP contribution < -0.4 is 11.3 Å². The first-order chi connectivity index (χ1) is 5.65. The molecule has 0 amide bonds. The molecule has 0 saturated heterocycles. The lowest BCUT2D eigenvalue weighted by Gasteiger charge is -2.01. The number of aromatic nitrogens is 2. The summed E-state index contributed by atoms with van der Waals surface area (Å²) in [6.45, 7) is 0.259. The van der Waals surface area contributed by atoms with E-state index in [2.05, 4.69) is 25.9 Å². The van der Waals surface area contributed by atoms with Gasteiger partial charge in [0, 0.05) is 7.11 Å². The van der Waals surface area contributed by atoms with Crippen LogP contribution in [-0.2, 0) is 11.3 Å². The molecule has 0 aliphatic heterocycles. The molecule has 0 unspecified atom stereocenters. The summed E-state index contributed by atoms with van der Waals surface area (Å²) < 4.78 is 5.18. The van der Waals surface area contributed by atoms with E-state index in [0.717, 1.165) is 0 Å². The third-order valence-corrected chi connectivity index (χ3v) is 2.05. The molecule has 1 aromatic rings. The van der Waals surface area contributed by atoms with E-state index < -0.39 is 0 Å². The van der Waals surface area contributed by atoms with Crippen LogP contribution in [0.1, 0.15) is 5.69 Å². The van der Waals surface area contributed by atoms with Gasteiger partial charge in [-0.3, -0.25) is 9.78 Å². The highest BCUT2D eigenvalue weighted by Crippen LogP contribution is 2.09. The second-order valence-corrected chi connectivity index (χ2v) is 2.94. The monoisotopic (exact) mass is 233 g/mol. The average Bonchev–Trinajstić information content (AvgIpc) is 2.00. The summed E-state index contributed by atoms with van der Waals surface area (Å²) in [5.41, 5.74) is 5.52. The molecule has 12 heavy (non-hydrogen) atoms. The Morgan fingerprint density at radius 2 is 2.42 bits per heavy atom. The van der Waals surface area contributed by atoms with Crippen molar-refractivity contribution in [3.05, 3.63) is 20.5 Å². The number of halogens is 1. The smallest absolute Gasteiger partial charge is 0.266 e. The Balaban J connectivity index is 3.18. The minimum Gasteiger partial charge on any atom is -0.378 e. The quantitative estimate of drug-likeness (QED) is 0.769. The molecule has 1 rings (SSSR count). The van der Waals surface area contributed by atoms with Gasteiger partial charge in [-0.2, -0.15) is 0 Å². The number of aromatic amines is 1. The molecule has 1 heterocycles. The van der Waals surface area contributed by atoms with E-state index in [1.54, 1.807) is 0 Å². The summed E-state index contributed by atoms with van der Waals surface area (Å²) in [7, 11) is 1.52. The van der Waals surface area contributed by atoms with E-state index in [0.29, 0.717) is 10.2 Å². The summed E-state index contributed by atoms with van der Waals surface area (Å²) in [6, 6.07) is 0. The number of anilines is 1. The number of nitrogen functional groups attached to an aromatic ring is 1. The molecule has 0 atom stereocenters. The summed E-state index contributed by atoms with van der Waals surface area (Å²) >= 11 is 3.07. The lowest BCUT2D eigenvalue weighted by atomic mass is 10.4. The van der Waals surface area contributed by atoms with Crippen molar-refractivity contribution in [1.82, 2.24) is 9.97 Å². The van der Waals surface area contributed by atoms with E-state index in [1.807, 2.05) is 0 Å². The second-order valence-electron chi connectivity index (χ2n) is 2.14. The Hall–Kier alpha value is -0.880. The topological polar surface area (TPSA) is 81.0 Å². The van der Waals surface area contributed by atoms with Crippen molar-refractivity contribution >= 4 is 21.9 Å². The summed E-state index contributed by atoms with van der Waals surface area (Å²) in [6.07, 6.45) is 0. The van der Waals surface area contributed by atoms with E-state index in [4.69, 9.17) is 10.5 Å². The fraction of sp³-hybridized carbons (Fsp3) is 0.333. The molecule has 0 radical (unpaired) electrons. The molecule has 5 nitrogen and oxygen atoms in total. The summed E-state index contributed by atoms with van der Waals surface area (Å²) in [4.78, 5) is 17.3. The molecule has 0 aromatic carbocycles. The Kier molecular flexibility index (Phi) is 2.83. The Morgan fingerprint density at radius 1 is 1.75 bits per heavy atom. The van der Waals surface area contributed by atoms with Crippen molar-refractivity contribution in [3.8, 4) is 0 Å². The van der Waals surface area contributed by atoms with Crippen LogP contribution in [0.5, 0.6) is 0 Å². The first kappa shape index (κ1) is 9.21. The number of ether oxygens (including phenoxy) is 1. The van der Waals surface area contributed by atoms with Gasteiger partial charge in [-0.1, -0.05) is 0 Å². The van der Waals surface area contributed by atoms with Crippen LogP contribution >= 0.6 is 15.9 Å². The van der Waals surface area contributed by atoms with Crippen molar-refractivity contribution in [2.24, 2.45) is 0 Å². The van der Waals surface area contributed by atoms with Gasteiger partial charge in [0.15, 0.2) is 0 Å². The normalized spacial score (nSPS) is 10.2. The summed E-state index contributed by atoms with van der Waals surface area (Å²) in [5.74, 6) is 0.0928. The maximum absolute atomic E-state index is 11.1. The van der Waals surface area contributed by atoms with E-state index >= 15 is 0 Å². The minimum absolute atomic E-state index is 0.0928. The molecular weight excluding hydrogens is 226 g/mol. The van der Waals surface area contributed by atoms with Crippen LogP contribution in [0, 0.1) is 0 Å². The maximum Gasteiger partial charge on any atom is 0.266 e. The Bertz CT molecular complexity index is 336. The molecule has 6 heteroatoms. The highest BCUT2D eigenvalue weighted by molar-refractivity contribution is 9.10. The van der Waals surface area contributed by atoms with Gasteiger partial charge in [-0.25, -0.2) is 4.98 Å². The van der Waals surface area contributed by atoms with Crippen molar-refractivity contribution in [3.63, 3.8) is 0 Å². The van der Waals surface area contributed by atoms with Crippen LogP contribution in [0.4, 0.5) is 5.95 Å². The van der Waals surface area contributed by atoms with Crippen LogP contribution in [0.3, 0.4) is 0 Å². The molecule has 3 N–H and O–H groups in total. The highest BCUT2D eigenvalue weighted by atomic mass is 79.9. The predicted molar refractivity (Wildman–Crippen MR) is 47.7 cm³/mol. The molecule has 0 aliphatic rings. The predicted octanol–water partition coefficient (Wildman–Crippen LogP) is 0.261. The van der Waals surface area contributed by atoms with Gasteiger partial charge in [-0.15, -0.1) is 0 Å². The van der Waals surface area contributed by atoms with Gasteiger partial charge in [0.05, 0.1) is 12.3 Å². The number of nitrogens with one attached hydrogen (secondary N) is 1. The second kappa shape index (κ2) is 3.68. The first-order valence-corrected chi connectivity index (χ1v) is 3.97. The number of nitrogens with two attached hydrogens (primary N) is 1. The number of hydrogen-bond acceptors (Lipinski definition) is 4. The molecule has 0 bridgehead atoms. The molecule has 1 aromatic heterocycles. The van der Waals surface area contributed by atoms with Crippen molar-refractivity contribution in [2.75, 3.05) is 12.8 Å². The third kappa shape index (κ3) is 1.83. The molecule has 0 saturated carbocycles. The molecule has 0 fully saturated rings. The fourth-order valence-corrected chi connectivity index (χ4v) is 1.06. The number of H-pyrrole nitrogens is 1. The zero-order chi connectivity index (χ0) is 9.14.